The molecule has 0 radical (unpaired) electrons. The number of hydrogen-bond donors (Lipinski definition) is 1. The lowest BCUT2D eigenvalue weighted by atomic mass is 10.2. The standard InChI is InChI=1S/C21H18FN3OS2/c22-14-7-5-13(6-8-14)18-11-15-20(28-18)21(26)24-19(23-15)12-25-9-1-3-16(25)17-4-2-10-27-17/h2,4-8,10-11,16H,1,3,9,12H2,(H,23,24,26). The van der Waals surface area contributed by atoms with E-state index in [1.807, 2.05) is 6.07 Å². The van der Waals surface area contributed by atoms with Gasteiger partial charge in [0, 0.05) is 15.8 Å². The zero-order valence-electron chi connectivity index (χ0n) is 15.0. The number of likely N-dealkylation sites (tertiary alicyclic amines) is 1. The molecule has 0 bridgehead atoms. The van der Waals surface area contributed by atoms with Gasteiger partial charge in [0.25, 0.3) is 5.56 Å². The summed E-state index contributed by atoms with van der Waals surface area (Å²) in [5, 5.41) is 2.11. The summed E-state index contributed by atoms with van der Waals surface area (Å²) in [7, 11) is 0. The predicted octanol–water partition coefficient (Wildman–Crippen LogP) is 5.19. The molecule has 1 aliphatic rings. The molecule has 1 N–H and O–H groups in total. The van der Waals surface area contributed by atoms with Gasteiger partial charge in [0.05, 0.1) is 12.1 Å². The van der Waals surface area contributed by atoms with E-state index in [1.54, 1.807) is 23.5 Å². The van der Waals surface area contributed by atoms with Crippen LogP contribution in [0.25, 0.3) is 20.7 Å². The van der Waals surface area contributed by atoms with Gasteiger partial charge in [0.1, 0.15) is 16.3 Å². The van der Waals surface area contributed by atoms with Crippen LogP contribution in [0.4, 0.5) is 4.39 Å². The number of rotatable bonds is 4. The van der Waals surface area contributed by atoms with Gasteiger partial charge in [0.15, 0.2) is 0 Å². The number of halogens is 1. The highest BCUT2D eigenvalue weighted by atomic mass is 32.1. The molecule has 4 nitrogen and oxygen atoms in total. The molecule has 1 unspecified atom stereocenters. The molecule has 28 heavy (non-hydrogen) atoms. The maximum absolute atomic E-state index is 13.2. The van der Waals surface area contributed by atoms with Crippen molar-refractivity contribution in [3.8, 4) is 10.4 Å². The largest absolute Gasteiger partial charge is 0.308 e. The maximum atomic E-state index is 13.2. The summed E-state index contributed by atoms with van der Waals surface area (Å²) in [6, 6.07) is 12.9. The first-order valence-corrected chi connectivity index (χ1v) is 10.9. The van der Waals surface area contributed by atoms with E-state index in [2.05, 4.69) is 27.4 Å². The average molecular weight is 412 g/mol. The highest BCUT2D eigenvalue weighted by molar-refractivity contribution is 7.22. The maximum Gasteiger partial charge on any atom is 0.268 e. The molecule has 5 rings (SSSR count). The second-order valence-electron chi connectivity index (χ2n) is 6.99. The summed E-state index contributed by atoms with van der Waals surface area (Å²) in [6.45, 7) is 1.64. The SMILES string of the molecule is O=c1[nH]c(CN2CCCC2c2cccs2)nc2cc(-c3ccc(F)cc3)sc12. The Bertz CT molecular complexity index is 1160. The average Bonchev–Trinajstić information content (AvgIpc) is 3.42. The van der Waals surface area contributed by atoms with Crippen LogP contribution in [0.1, 0.15) is 29.6 Å². The molecule has 4 heterocycles. The van der Waals surface area contributed by atoms with Crippen LogP contribution in [0.15, 0.2) is 52.6 Å². The zero-order chi connectivity index (χ0) is 19.1. The first-order chi connectivity index (χ1) is 13.7. The molecule has 1 aliphatic heterocycles. The van der Waals surface area contributed by atoms with Crippen molar-refractivity contribution in [2.45, 2.75) is 25.4 Å². The van der Waals surface area contributed by atoms with E-state index in [0.717, 1.165) is 29.8 Å². The summed E-state index contributed by atoms with van der Waals surface area (Å²) in [4.78, 5) is 25.0. The van der Waals surface area contributed by atoms with E-state index >= 15 is 0 Å². The number of nitrogens with one attached hydrogen (secondary N) is 1. The summed E-state index contributed by atoms with van der Waals surface area (Å²) >= 11 is 3.18. The van der Waals surface area contributed by atoms with E-state index in [0.29, 0.717) is 28.6 Å². The molecule has 0 aliphatic carbocycles. The van der Waals surface area contributed by atoms with E-state index < -0.39 is 0 Å². The van der Waals surface area contributed by atoms with Crippen molar-refractivity contribution in [3.63, 3.8) is 0 Å². The fourth-order valence-corrected chi connectivity index (χ4v) is 5.72. The van der Waals surface area contributed by atoms with Gasteiger partial charge < -0.3 is 4.98 Å². The number of aromatic amines is 1. The van der Waals surface area contributed by atoms with Gasteiger partial charge in [0.2, 0.25) is 0 Å². The van der Waals surface area contributed by atoms with E-state index in [9.17, 15) is 9.18 Å². The molecule has 3 aromatic heterocycles. The van der Waals surface area contributed by atoms with Crippen molar-refractivity contribution in [2.75, 3.05) is 6.54 Å². The topological polar surface area (TPSA) is 49.0 Å². The van der Waals surface area contributed by atoms with Crippen LogP contribution in [0.5, 0.6) is 0 Å². The van der Waals surface area contributed by atoms with E-state index in [1.165, 1.54) is 28.3 Å². The lowest BCUT2D eigenvalue weighted by Gasteiger charge is -2.22. The number of aromatic nitrogens is 2. The summed E-state index contributed by atoms with van der Waals surface area (Å²) in [6.07, 6.45) is 2.29. The zero-order valence-corrected chi connectivity index (χ0v) is 16.7. The number of H-pyrrole nitrogens is 1. The molecule has 1 aromatic carbocycles. The molecular weight excluding hydrogens is 393 g/mol. The van der Waals surface area contributed by atoms with Gasteiger partial charge in [-0.25, -0.2) is 9.37 Å². The highest BCUT2D eigenvalue weighted by Gasteiger charge is 2.27. The first kappa shape index (κ1) is 17.7. The Kier molecular flexibility index (Phi) is 4.58. The van der Waals surface area contributed by atoms with Crippen molar-refractivity contribution in [2.24, 2.45) is 0 Å². The number of hydrogen-bond acceptors (Lipinski definition) is 5. The number of benzene rings is 1. The normalized spacial score (nSPS) is 17.5. The second-order valence-corrected chi connectivity index (χ2v) is 9.02. The van der Waals surface area contributed by atoms with Crippen LogP contribution in [-0.4, -0.2) is 21.4 Å². The molecule has 1 saturated heterocycles. The van der Waals surface area contributed by atoms with Crippen LogP contribution < -0.4 is 5.56 Å². The van der Waals surface area contributed by atoms with Crippen molar-refractivity contribution in [1.82, 2.24) is 14.9 Å². The third kappa shape index (κ3) is 3.30. The minimum Gasteiger partial charge on any atom is -0.308 e. The molecular formula is C21H18FN3OS2. The molecule has 0 saturated carbocycles. The van der Waals surface area contributed by atoms with Crippen molar-refractivity contribution < 1.29 is 4.39 Å². The lowest BCUT2D eigenvalue weighted by molar-refractivity contribution is 0.245. The van der Waals surface area contributed by atoms with Crippen molar-refractivity contribution in [1.29, 1.82) is 0 Å². The first-order valence-electron chi connectivity index (χ1n) is 9.23. The Morgan fingerprint density at radius 3 is 2.89 bits per heavy atom. The molecule has 0 spiro atoms. The molecule has 7 heteroatoms. The minimum atomic E-state index is -0.269. The number of thiophene rings is 2. The van der Waals surface area contributed by atoms with Crippen LogP contribution in [0.3, 0.4) is 0 Å². The number of fused-ring (bicyclic) bond motifs is 1. The Morgan fingerprint density at radius 2 is 2.11 bits per heavy atom. The lowest BCUT2D eigenvalue weighted by Crippen LogP contribution is -2.25. The molecule has 0 amide bonds. The third-order valence-corrected chi connectivity index (χ3v) is 7.29. The Balaban J connectivity index is 1.46. The van der Waals surface area contributed by atoms with Gasteiger partial charge >= 0.3 is 0 Å². The van der Waals surface area contributed by atoms with Gasteiger partial charge in [-0.2, -0.15) is 0 Å². The quantitative estimate of drug-likeness (QED) is 0.503. The molecule has 1 atom stereocenters. The number of nitrogens with zero attached hydrogens (tertiary/aromatic N) is 2. The third-order valence-electron chi connectivity index (χ3n) is 5.15. The van der Waals surface area contributed by atoms with E-state index in [4.69, 9.17) is 4.98 Å². The Morgan fingerprint density at radius 1 is 1.25 bits per heavy atom. The van der Waals surface area contributed by atoms with Crippen LogP contribution in [0.2, 0.25) is 0 Å². The van der Waals surface area contributed by atoms with Gasteiger partial charge in [-0.1, -0.05) is 18.2 Å². The Hall–Kier alpha value is -2.35. The summed E-state index contributed by atoms with van der Waals surface area (Å²) in [5.74, 6) is 0.429. The molecule has 142 valence electrons. The fourth-order valence-electron chi connectivity index (χ4n) is 3.83. The molecule has 4 aromatic rings. The highest BCUT2D eigenvalue weighted by Crippen LogP contribution is 2.35. The van der Waals surface area contributed by atoms with Gasteiger partial charge in [-0.3, -0.25) is 9.69 Å². The minimum absolute atomic E-state index is 0.106. The summed E-state index contributed by atoms with van der Waals surface area (Å²) < 4.78 is 13.8. The van der Waals surface area contributed by atoms with Crippen LogP contribution in [0, 0.1) is 5.82 Å². The summed E-state index contributed by atoms with van der Waals surface area (Å²) in [5.41, 5.74) is 1.49. The van der Waals surface area contributed by atoms with Crippen LogP contribution >= 0.6 is 22.7 Å². The Labute approximate surface area is 169 Å². The fraction of sp³-hybridized carbons (Fsp3) is 0.238. The monoisotopic (exact) mass is 411 g/mol. The van der Waals surface area contributed by atoms with Crippen molar-refractivity contribution in [3.05, 3.63) is 74.7 Å². The van der Waals surface area contributed by atoms with Gasteiger partial charge in [-0.05, 0) is 54.6 Å². The van der Waals surface area contributed by atoms with Crippen molar-refractivity contribution >= 4 is 32.9 Å². The van der Waals surface area contributed by atoms with Crippen LogP contribution in [-0.2, 0) is 6.54 Å². The second kappa shape index (κ2) is 7.24. The van der Waals surface area contributed by atoms with E-state index in [-0.39, 0.29) is 11.4 Å². The van der Waals surface area contributed by atoms with Gasteiger partial charge in [-0.15, -0.1) is 22.7 Å². The molecule has 1 fully saturated rings. The predicted molar refractivity (Wildman–Crippen MR) is 112 cm³/mol. The smallest absolute Gasteiger partial charge is 0.268 e.